The molecule has 0 amide bonds. The van der Waals surface area contributed by atoms with Crippen molar-refractivity contribution in [3.05, 3.63) is 0 Å². The van der Waals surface area contributed by atoms with E-state index in [4.69, 9.17) is 0 Å². The molecule has 5 nitrogen and oxygen atoms in total. The lowest BCUT2D eigenvalue weighted by Gasteiger charge is -2.19. The maximum Gasteiger partial charge on any atom is 0.206 e. The van der Waals surface area contributed by atoms with E-state index in [1.165, 1.54) is 19.4 Å². The van der Waals surface area contributed by atoms with Gasteiger partial charge in [0.05, 0.1) is 6.54 Å². The highest BCUT2D eigenvalue weighted by atomic mass is 32.1. The number of thiol groups is 1. The second kappa shape index (κ2) is 3.67. The van der Waals surface area contributed by atoms with Crippen molar-refractivity contribution in [2.75, 3.05) is 6.54 Å². The number of hydrogen-bond acceptors (Lipinski definition) is 5. The summed E-state index contributed by atoms with van der Waals surface area (Å²) in [6.07, 6.45) is 2.49. The van der Waals surface area contributed by atoms with E-state index >= 15 is 0 Å². The maximum absolute atomic E-state index is 4.16. The van der Waals surface area contributed by atoms with Crippen LogP contribution >= 0.6 is 12.6 Å². The van der Waals surface area contributed by atoms with Crippen molar-refractivity contribution in [3.8, 4) is 0 Å². The van der Waals surface area contributed by atoms with Gasteiger partial charge in [0.25, 0.3) is 0 Å². The molecule has 1 aromatic heterocycles. The van der Waals surface area contributed by atoms with E-state index in [1.807, 2.05) is 0 Å². The summed E-state index contributed by atoms with van der Waals surface area (Å²) in [4.78, 5) is 2.34. The Morgan fingerprint density at radius 2 is 2.46 bits per heavy atom. The fourth-order valence-corrected chi connectivity index (χ4v) is 1.89. The van der Waals surface area contributed by atoms with Crippen molar-refractivity contribution < 1.29 is 0 Å². The average molecular weight is 197 g/mol. The minimum absolute atomic E-state index is 0.564. The lowest BCUT2D eigenvalue weighted by Crippen LogP contribution is -2.31. The summed E-state index contributed by atoms with van der Waals surface area (Å²) in [5, 5.41) is 11.8. The second-order valence-electron chi connectivity index (χ2n) is 3.44. The Balaban J connectivity index is 2.01. The molecule has 1 fully saturated rings. The Labute approximate surface area is 83.3 Å². The molecule has 1 aromatic rings. The number of rotatable bonds is 2. The monoisotopic (exact) mass is 197 g/mol. The van der Waals surface area contributed by atoms with Crippen LogP contribution in [-0.2, 0) is 6.54 Å². The zero-order valence-electron chi connectivity index (χ0n) is 7.59. The van der Waals surface area contributed by atoms with Crippen LogP contribution in [0.4, 0.5) is 0 Å². The highest BCUT2D eigenvalue weighted by molar-refractivity contribution is 7.80. The van der Waals surface area contributed by atoms with Gasteiger partial charge in [-0.25, -0.2) is 4.68 Å². The first kappa shape index (κ1) is 9.02. The van der Waals surface area contributed by atoms with Crippen LogP contribution in [0.15, 0.2) is 5.16 Å². The normalized spacial score (nSPS) is 23.9. The Kier molecular flexibility index (Phi) is 2.55. The van der Waals surface area contributed by atoms with Gasteiger partial charge < -0.3 is 4.81 Å². The maximum atomic E-state index is 4.16. The van der Waals surface area contributed by atoms with E-state index in [0.717, 1.165) is 6.54 Å². The molecule has 0 N–H and O–H groups in total. The second-order valence-corrected chi connectivity index (χ2v) is 3.84. The molecule has 0 aromatic carbocycles. The molecule has 0 spiro atoms. The van der Waals surface area contributed by atoms with Gasteiger partial charge >= 0.3 is 0 Å². The van der Waals surface area contributed by atoms with E-state index < -0.39 is 0 Å². The standard InChI is InChI=1S/C6H12BN5S/c7-11-3-1-2-5(11)4-12-6(13)8-9-10-12/h5H,1-4,7H2,(H,8,10,13). The van der Waals surface area contributed by atoms with Crippen LogP contribution in [0, 0.1) is 0 Å². The average Bonchev–Trinajstić information content (AvgIpc) is 2.65. The first-order chi connectivity index (χ1) is 6.27. The Bertz CT molecular complexity index is 290. The van der Waals surface area contributed by atoms with E-state index in [2.05, 4.69) is 40.9 Å². The number of hydrogen-bond donors (Lipinski definition) is 1. The molecule has 0 saturated carbocycles. The molecule has 1 aliphatic heterocycles. The predicted octanol–water partition coefficient (Wildman–Crippen LogP) is -1.03. The van der Waals surface area contributed by atoms with Crippen molar-refractivity contribution in [2.24, 2.45) is 0 Å². The number of nitrogens with zero attached hydrogens (tertiary/aromatic N) is 5. The van der Waals surface area contributed by atoms with Crippen molar-refractivity contribution in [2.45, 2.75) is 30.6 Å². The van der Waals surface area contributed by atoms with Crippen LogP contribution in [0.1, 0.15) is 12.8 Å². The minimum Gasteiger partial charge on any atom is -0.345 e. The molecule has 70 valence electrons. The summed E-state index contributed by atoms with van der Waals surface area (Å²) < 4.78 is 1.75. The molecule has 2 rings (SSSR count). The smallest absolute Gasteiger partial charge is 0.206 e. The van der Waals surface area contributed by atoms with Crippen LogP contribution < -0.4 is 0 Å². The highest BCUT2D eigenvalue weighted by Gasteiger charge is 2.21. The van der Waals surface area contributed by atoms with Crippen molar-refractivity contribution >= 4 is 20.6 Å². The Hall–Kier alpha value is -0.555. The summed E-state index contributed by atoms with van der Waals surface area (Å²) in [5.41, 5.74) is 0. The number of tetrazole rings is 1. The SMILES string of the molecule is BN1CCCC1Cn1nnnc1S. The summed E-state index contributed by atoms with van der Waals surface area (Å²) in [7, 11) is 2.14. The van der Waals surface area contributed by atoms with E-state index in [-0.39, 0.29) is 0 Å². The molecule has 1 aliphatic rings. The molecule has 2 heterocycles. The third kappa shape index (κ3) is 1.86. The van der Waals surface area contributed by atoms with Gasteiger partial charge in [-0.2, -0.15) is 0 Å². The number of aromatic nitrogens is 4. The molecule has 0 radical (unpaired) electrons. The molecule has 1 atom stereocenters. The lowest BCUT2D eigenvalue weighted by atomic mass is 10.2. The minimum atomic E-state index is 0.564. The van der Waals surface area contributed by atoms with Crippen LogP contribution in [0.25, 0.3) is 0 Å². The van der Waals surface area contributed by atoms with Gasteiger partial charge in [-0.3, -0.25) is 0 Å². The summed E-state index contributed by atoms with van der Waals surface area (Å²) >= 11 is 4.16. The van der Waals surface area contributed by atoms with Crippen LogP contribution in [0.5, 0.6) is 0 Å². The van der Waals surface area contributed by atoms with Gasteiger partial charge in [0.15, 0.2) is 7.98 Å². The largest absolute Gasteiger partial charge is 0.345 e. The first-order valence-electron chi connectivity index (χ1n) is 4.43. The third-order valence-electron chi connectivity index (χ3n) is 2.57. The van der Waals surface area contributed by atoms with Crippen LogP contribution in [0.3, 0.4) is 0 Å². The molecule has 0 bridgehead atoms. The van der Waals surface area contributed by atoms with Crippen molar-refractivity contribution in [1.82, 2.24) is 25.0 Å². The summed E-state index contributed by atoms with van der Waals surface area (Å²) in [6.45, 7) is 2.02. The fourth-order valence-electron chi connectivity index (χ4n) is 1.73. The van der Waals surface area contributed by atoms with E-state index in [1.54, 1.807) is 4.68 Å². The Morgan fingerprint density at radius 1 is 1.62 bits per heavy atom. The molecular formula is C6H12BN5S. The lowest BCUT2D eigenvalue weighted by molar-refractivity contribution is 0.344. The van der Waals surface area contributed by atoms with E-state index in [9.17, 15) is 0 Å². The highest BCUT2D eigenvalue weighted by Crippen LogP contribution is 2.16. The summed E-state index contributed by atoms with van der Waals surface area (Å²) in [6, 6.07) is 0.564. The third-order valence-corrected chi connectivity index (χ3v) is 2.89. The van der Waals surface area contributed by atoms with E-state index in [0.29, 0.717) is 11.2 Å². The molecule has 0 aliphatic carbocycles. The van der Waals surface area contributed by atoms with Crippen molar-refractivity contribution in [1.29, 1.82) is 0 Å². The molecule has 1 unspecified atom stereocenters. The zero-order chi connectivity index (χ0) is 9.26. The van der Waals surface area contributed by atoms with Gasteiger partial charge in [-0.05, 0) is 29.8 Å². The summed E-state index contributed by atoms with van der Waals surface area (Å²) in [5.74, 6) is 0. The fraction of sp³-hybridized carbons (Fsp3) is 0.833. The Morgan fingerprint density at radius 3 is 3.00 bits per heavy atom. The topological polar surface area (TPSA) is 46.8 Å². The van der Waals surface area contributed by atoms with Crippen LogP contribution in [-0.4, -0.2) is 45.6 Å². The molecule has 1 saturated heterocycles. The van der Waals surface area contributed by atoms with Gasteiger partial charge in [0, 0.05) is 6.04 Å². The van der Waals surface area contributed by atoms with Crippen LogP contribution in [0.2, 0.25) is 0 Å². The molecular weight excluding hydrogens is 185 g/mol. The van der Waals surface area contributed by atoms with Crippen molar-refractivity contribution in [3.63, 3.8) is 0 Å². The molecule has 13 heavy (non-hydrogen) atoms. The quantitative estimate of drug-likeness (QED) is 0.486. The predicted molar refractivity (Wildman–Crippen MR) is 53.3 cm³/mol. The van der Waals surface area contributed by atoms with Gasteiger partial charge in [0.1, 0.15) is 0 Å². The first-order valence-corrected chi connectivity index (χ1v) is 4.87. The van der Waals surface area contributed by atoms with Gasteiger partial charge in [-0.15, -0.1) is 17.7 Å². The van der Waals surface area contributed by atoms with Gasteiger partial charge in [0.2, 0.25) is 5.16 Å². The zero-order valence-corrected chi connectivity index (χ0v) is 8.48. The van der Waals surface area contributed by atoms with Gasteiger partial charge in [-0.1, -0.05) is 0 Å². The molecule has 7 heteroatoms.